The van der Waals surface area contributed by atoms with Gasteiger partial charge in [0.05, 0.1) is 55.2 Å². The van der Waals surface area contributed by atoms with E-state index in [2.05, 4.69) is 20.5 Å². The molecule has 5 amide bonds. The van der Waals surface area contributed by atoms with Gasteiger partial charge >= 0.3 is 0 Å². The van der Waals surface area contributed by atoms with Crippen molar-refractivity contribution in [2.45, 2.75) is 18.9 Å². The number of hydrogen-bond donors (Lipinski definition) is 2. The van der Waals surface area contributed by atoms with Crippen molar-refractivity contribution in [1.82, 2.24) is 29.5 Å². The molecule has 2 saturated heterocycles. The maximum Gasteiger partial charge on any atom is 0.264 e. The standard InChI is InChI=1S/C35H38N8O8/c44-29-9-8-27(32(46)39-29)43-33(47)23-4-3-6-25(31(23)34(43)48)36-11-17-49-18-19-50-20-21-51-22-30(45)41-15-13-40(14-16-41)28-10-12-42-26-7-2-1-5-24(26)37-35(42)38-28/h1-7,10,12,27,36H,8-9,11,13-22H2,(H,39,44,46). The summed E-state index contributed by atoms with van der Waals surface area (Å²) in [6.45, 7) is 4.42. The molecule has 2 aromatic carbocycles. The summed E-state index contributed by atoms with van der Waals surface area (Å²) in [6.07, 6.45) is 2.14. The molecule has 0 saturated carbocycles. The van der Waals surface area contributed by atoms with Crippen molar-refractivity contribution < 1.29 is 38.2 Å². The van der Waals surface area contributed by atoms with Gasteiger partial charge in [0.1, 0.15) is 18.5 Å². The number of nitrogens with one attached hydrogen (secondary N) is 2. The van der Waals surface area contributed by atoms with Gasteiger partial charge in [-0.3, -0.25) is 38.6 Å². The van der Waals surface area contributed by atoms with Gasteiger partial charge in [-0.05, 0) is 36.8 Å². The lowest BCUT2D eigenvalue weighted by molar-refractivity contribution is -0.137. The molecule has 51 heavy (non-hydrogen) atoms. The van der Waals surface area contributed by atoms with Gasteiger partial charge in [-0.1, -0.05) is 18.2 Å². The summed E-state index contributed by atoms with van der Waals surface area (Å²) < 4.78 is 18.7. The van der Waals surface area contributed by atoms with Gasteiger partial charge in [0, 0.05) is 51.0 Å². The highest BCUT2D eigenvalue weighted by Gasteiger charge is 2.45. The maximum absolute atomic E-state index is 13.2. The van der Waals surface area contributed by atoms with E-state index in [-0.39, 0.29) is 43.1 Å². The Morgan fingerprint density at radius 2 is 1.61 bits per heavy atom. The minimum atomic E-state index is -1.02. The van der Waals surface area contributed by atoms with E-state index in [1.807, 2.05) is 40.9 Å². The number of hydrogen-bond acceptors (Lipinski definition) is 12. The predicted molar refractivity (Wildman–Crippen MR) is 183 cm³/mol. The fourth-order valence-electron chi connectivity index (χ4n) is 6.51. The lowest BCUT2D eigenvalue weighted by atomic mass is 10.0. The molecule has 2 N–H and O–H groups in total. The number of aromatic nitrogens is 3. The number of rotatable bonds is 14. The Kier molecular flexibility index (Phi) is 10.1. The maximum atomic E-state index is 13.2. The van der Waals surface area contributed by atoms with E-state index in [9.17, 15) is 24.0 Å². The Labute approximate surface area is 292 Å². The number of imidazole rings is 1. The number of amides is 5. The minimum absolute atomic E-state index is 0.0149. The quantitative estimate of drug-likeness (QED) is 0.142. The van der Waals surface area contributed by atoms with Crippen LogP contribution >= 0.6 is 0 Å². The zero-order valence-electron chi connectivity index (χ0n) is 27.9. The molecule has 0 radical (unpaired) electrons. The van der Waals surface area contributed by atoms with Gasteiger partial charge in [-0.2, -0.15) is 4.98 Å². The first kappa shape index (κ1) is 34.0. The second-order valence-electron chi connectivity index (χ2n) is 12.3. The molecule has 3 aliphatic rings. The van der Waals surface area contributed by atoms with Crippen molar-refractivity contribution >= 4 is 57.9 Å². The Bertz CT molecular complexity index is 1970. The molecule has 16 heteroatoms. The normalized spacial score (nSPS) is 17.8. The average molecular weight is 699 g/mol. The number of fused-ring (bicyclic) bond motifs is 4. The Hall–Kier alpha value is -5.45. The molecule has 3 aliphatic heterocycles. The largest absolute Gasteiger partial charge is 0.382 e. The molecule has 2 fully saturated rings. The summed E-state index contributed by atoms with van der Waals surface area (Å²) in [5.74, 6) is -0.766. The Balaban J connectivity index is 0.747. The van der Waals surface area contributed by atoms with Gasteiger partial charge in [-0.15, -0.1) is 0 Å². The summed E-state index contributed by atoms with van der Waals surface area (Å²) in [5, 5.41) is 5.33. The number of piperazine rings is 1. The van der Waals surface area contributed by atoms with Crippen LogP contribution in [0.5, 0.6) is 0 Å². The molecule has 4 aromatic rings. The lowest BCUT2D eigenvalue weighted by Gasteiger charge is -2.35. The van der Waals surface area contributed by atoms with E-state index >= 15 is 0 Å². The molecule has 0 spiro atoms. The third-order valence-electron chi connectivity index (χ3n) is 9.12. The zero-order chi connectivity index (χ0) is 35.3. The molecule has 7 rings (SSSR count). The van der Waals surface area contributed by atoms with Crippen LogP contribution in [0.25, 0.3) is 16.8 Å². The molecule has 2 aromatic heterocycles. The van der Waals surface area contributed by atoms with E-state index < -0.39 is 29.7 Å². The molecule has 1 unspecified atom stereocenters. The molecule has 0 aliphatic carbocycles. The third kappa shape index (κ3) is 7.24. The first-order chi connectivity index (χ1) is 24.9. The molecular formula is C35H38N8O8. The number of carbonyl (C=O) groups excluding carboxylic acids is 5. The Morgan fingerprint density at radius 3 is 2.41 bits per heavy atom. The van der Waals surface area contributed by atoms with Crippen molar-refractivity contribution in [3.8, 4) is 0 Å². The zero-order valence-corrected chi connectivity index (χ0v) is 27.9. The first-order valence-electron chi connectivity index (χ1n) is 17.0. The summed E-state index contributed by atoms with van der Waals surface area (Å²) in [5.41, 5.74) is 2.79. The summed E-state index contributed by atoms with van der Waals surface area (Å²) in [6, 6.07) is 13.8. The van der Waals surface area contributed by atoms with Gasteiger partial charge in [0.25, 0.3) is 11.8 Å². The van der Waals surface area contributed by atoms with E-state index in [1.165, 1.54) is 0 Å². The summed E-state index contributed by atoms with van der Waals surface area (Å²) in [4.78, 5) is 77.0. The van der Waals surface area contributed by atoms with Crippen molar-refractivity contribution in [3.05, 3.63) is 65.9 Å². The van der Waals surface area contributed by atoms with Gasteiger partial charge < -0.3 is 29.3 Å². The number of imide groups is 2. The van der Waals surface area contributed by atoms with Crippen molar-refractivity contribution in [2.75, 3.05) is 82.6 Å². The SMILES string of the molecule is O=C1CCC(N2C(=O)c3cccc(NCCOCCOCCOCC(=O)N4CCN(c5ccn6c(n5)nc5ccccc56)CC4)c3C2=O)C(=O)N1. The van der Waals surface area contributed by atoms with Crippen LogP contribution in [0, 0.1) is 0 Å². The number of anilines is 2. The van der Waals surface area contributed by atoms with Crippen LogP contribution in [0.2, 0.25) is 0 Å². The van der Waals surface area contributed by atoms with Crippen LogP contribution in [0.1, 0.15) is 33.6 Å². The van der Waals surface area contributed by atoms with Crippen LogP contribution in [-0.4, -0.2) is 132 Å². The summed E-state index contributed by atoms with van der Waals surface area (Å²) >= 11 is 0. The summed E-state index contributed by atoms with van der Waals surface area (Å²) in [7, 11) is 0. The molecule has 266 valence electrons. The van der Waals surface area contributed by atoms with E-state index in [0.29, 0.717) is 70.6 Å². The van der Waals surface area contributed by atoms with Crippen LogP contribution in [-0.2, 0) is 28.6 Å². The highest BCUT2D eigenvalue weighted by molar-refractivity contribution is 6.25. The molecule has 5 heterocycles. The molecule has 1 atom stereocenters. The topological polar surface area (TPSA) is 177 Å². The van der Waals surface area contributed by atoms with Crippen LogP contribution < -0.4 is 15.5 Å². The number of benzene rings is 2. The van der Waals surface area contributed by atoms with Crippen molar-refractivity contribution in [1.29, 1.82) is 0 Å². The fourth-order valence-corrected chi connectivity index (χ4v) is 6.51. The number of para-hydroxylation sites is 2. The molecular weight excluding hydrogens is 660 g/mol. The molecule has 16 nitrogen and oxygen atoms in total. The van der Waals surface area contributed by atoms with E-state index in [4.69, 9.17) is 19.2 Å². The first-order valence-corrected chi connectivity index (χ1v) is 17.0. The van der Waals surface area contributed by atoms with Crippen molar-refractivity contribution in [3.63, 3.8) is 0 Å². The minimum Gasteiger partial charge on any atom is -0.382 e. The number of piperidine rings is 1. The number of nitrogens with zero attached hydrogens (tertiary/aromatic N) is 6. The smallest absolute Gasteiger partial charge is 0.264 e. The second-order valence-corrected chi connectivity index (χ2v) is 12.3. The van der Waals surface area contributed by atoms with Crippen molar-refractivity contribution in [2.24, 2.45) is 0 Å². The lowest BCUT2D eigenvalue weighted by Crippen LogP contribution is -2.54. The fraction of sp³-hybridized carbons (Fsp3) is 0.400. The predicted octanol–water partition coefficient (Wildman–Crippen LogP) is 1.09. The highest BCUT2D eigenvalue weighted by Crippen LogP contribution is 2.32. The van der Waals surface area contributed by atoms with E-state index in [1.54, 1.807) is 23.1 Å². The average Bonchev–Trinajstić information content (AvgIpc) is 3.64. The Morgan fingerprint density at radius 1 is 0.843 bits per heavy atom. The van der Waals surface area contributed by atoms with Gasteiger partial charge in [0.15, 0.2) is 0 Å². The second kappa shape index (κ2) is 15.2. The van der Waals surface area contributed by atoms with Gasteiger partial charge in [-0.25, -0.2) is 4.98 Å². The highest BCUT2D eigenvalue weighted by atomic mass is 16.5. The van der Waals surface area contributed by atoms with Crippen LogP contribution in [0.15, 0.2) is 54.7 Å². The van der Waals surface area contributed by atoms with Gasteiger partial charge in [0.2, 0.25) is 23.5 Å². The third-order valence-corrected chi connectivity index (χ3v) is 9.12. The van der Waals surface area contributed by atoms with Crippen LogP contribution in [0.4, 0.5) is 11.5 Å². The van der Waals surface area contributed by atoms with Crippen LogP contribution in [0.3, 0.4) is 0 Å². The van der Waals surface area contributed by atoms with E-state index in [0.717, 1.165) is 21.8 Å². The number of carbonyl (C=O) groups is 5. The molecule has 0 bridgehead atoms. The number of ether oxygens (including phenoxy) is 3. The monoisotopic (exact) mass is 698 g/mol.